The summed E-state index contributed by atoms with van der Waals surface area (Å²) in [5, 5.41) is 3.89. The summed E-state index contributed by atoms with van der Waals surface area (Å²) in [6, 6.07) is 5.02. The molecule has 1 saturated carbocycles. The lowest BCUT2D eigenvalue weighted by atomic mass is 9.92. The van der Waals surface area contributed by atoms with E-state index in [4.69, 9.17) is 16.3 Å². The van der Waals surface area contributed by atoms with E-state index >= 15 is 0 Å². The van der Waals surface area contributed by atoms with Gasteiger partial charge in [-0.15, -0.1) is 0 Å². The van der Waals surface area contributed by atoms with Crippen molar-refractivity contribution in [3.05, 3.63) is 23.2 Å². The Morgan fingerprint density at radius 1 is 1.35 bits per heavy atom. The zero-order valence-corrected chi connectivity index (χ0v) is 13.3. The number of hydrogen-bond acceptors (Lipinski definition) is 4. The summed E-state index contributed by atoms with van der Waals surface area (Å²) in [6.45, 7) is 0. The molecule has 0 heterocycles. The monoisotopic (exact) mass is 317 g/mol. The average Bonchev–Trinajstić information content (AvgIpc) is 2.40. The van der Waals surface area contributed by atoms with Crippen LogP contribution in [0.5, 0.6) is 0 Å². The van der Waals surface area contributed by atoms with E-state index in [-0.39, 0.29) is 17.0 Å². The SMILES string of the molecule is COC1CCCC(Nc2cc(S(C)(=O)=O)ccc2Cl)C1. The van der Waals surface area contributed by atoms with Crippen LogP contribution in [-0.2, 0) is 14.6 Å². The first-order valence-corrected chi connectivity index (χ1v) is 8.96. The van der Waals surface area contributed by atoms with E-state index < -0.39 is 9.84 Å². The third-order valence-electron chi connectivity index (χ3n) is 3.69. The largest absolute Gasteiger partial charge is 0.381 e. The van der Waals surface area contributed by atoms with Gasteiger partial charge in [0.2, 0.25) is 0 Å². The van der Waals surface area contributed by atoms with Crippen LogP contribution in [0.25, 0.3) is 0 Å². The van der Waals surface area contributed by atoms with Crippen molar-refractivity contribution in [3.8, 4) is 0 Å². The molecule has 1 aliphatic rings. The Labute approximate surface area is 125 Å². The quantitative estimate of drug-likeness (QED) is 0.927. The highest BCUT2D eigenvalue weighted by atomic mass is 35.5. The fourth-order valence-corrected chi connectivity index (χ4v) is 3.37. The van der Waals surface area contributed by atoms with Gasteiger partial charge in [0.05, 0.1) is 21.7 Å². The maximum absolute atomic E-state index is 11.6. The Balaban J connectivity index is 2.16. The fraction of sp³-hybridized carbons (Fsp3) is 0.571. The molecule has 0 aromatic heterocycles. The lowest BCUT2D eigenvalue weighted by Gasteiger charge is -2.29. The first-order chi connectivity index (χ1) is 9.40. The third-order valence-corrected chi connectivity index (χ3v) is 5.12. The molecule has 2 rings (SSSR count). The van der Waals surface area contributed by atoms with Gasteiger partial charge >= 0.3 is 0 Å². The minimum Gasteiger partial charge on any atom is -0.381 e. The van der Waals surface area contributed by atoms with Crippen LogP contribution in [0.15, 0.2) is 23.1 Å². The lowest BCUT2D eigenvalue weighted by Crippen LogP contribution is -2.31. The topological polar surface area (TPSA) is 55.4 Å². The lowest BCUT2D eigenvalue weighted by molar-refractivity contribution is 0.0669. The standard InChI is InChI=1S/C14H20ClNO3S/c1-19-11-5-3-4-10(8-11)16-14-9-12(20(2,17)18)6-7-13(14)15/h6-7,9-11,16H,3-5,8H2,1-2H3. The number of benzene rings is 1. The number of hydrogen-bond donors (Lipinski definition) is 1. The van der Waals surface area contributed by atoms with Crippen LogP contribution < -0.4 is 5.32 Å². The van der Waals surface area contributed by atoms with Gasteiger partial charge in [-0.05, 0) is 43.9 Å². The van der Waals surface area contributed by atoms with Crippen molar-refractivity contribution in [1.82, 2.24) is 0 Å². The van der Waals surface area contributed by atoms with E-state index in [0.29, 0.717) is 10.7 Å². The van der Waals surface area contributed by atoms with E-state index in [0.717, 1.165) is 25.7 Å². The molecule has 0 spiro atoms. The highest BCUT2D eigenvalue weighted by Crippen LogP contribution is 2.29. The molecule has 1 N–H and O–H groups in total. The highest BCUT2D eigenvalue weighted by molar-refractivity contribution is 7.90. The Morgan fingerprint density at radius 3 is 2.75 bits per heavy atom. The second kappa shape index (κ2) is 6.33. The van der Waals surface area contributed by atoms with Gasteiger partial charge in [-0.1, -0.05) is 11.6 Å². The zero-order valence-electron chi connectivity index (χ0n) is 11.7. The van der Waals surface area contributed by atoms with Crippen LogP contribution in [0.1, 0.15) is 25.7 Å². The van der Waals surface area contributed by atoms with E-state index in [9.17, 15) is 8.42 Å². The van der Waals surface area contributed by atoms with Crippen LogP contribution >= 0.6 is 11.6 Å². The molecular weight excluding hydrogens is 298 g/mol. The number of ether oxygens (including phenoxy) is 1. The molecular formula is C14H20ClNO3S. The predicted octanol–water partition coefficient (Wildman–Crippen LogP) is 3.11. The van der Waals surface area contributed by atoms with Crippen molar-refractivity contribution < 1.29 is 13.2 Å². The van der Waals surface area contributed by atoms with Gasteiger partial charge in [-0.25, -0.2) is 8.42 Å². The number of halogens is 1. The van der Waals surface area contributed by atoms with Crippen LogP contribution in [0.2, 0.25) is 5.02 Å². The summed E-state index contributed by atoms with van der Waals surface area (Å²) >= 11 is 6.15. The predicted molar refractivity (Wildman–Crippen MR) is 81.2 cm³/mol. The molecule has 4 nitrogen and oxygen atoms in total. The summed E-state index contributed by atoms with van der Waals surface area (Å²) in [5.74, 6) is 0. The smallest absolute Gasteiger partial charge is 0.175 e. The van der Waals surface area contributed by atoms with Gasteiger partial charge in [0.1, 0.15) is 0 Å². The third kappa shape index (κ3) is 3.87. The molecule has 20 heavy (non-hydrogen) atoms. The van der Waals surface area contributed by atoms with Crippen molar-refractivity contribution in [1.29, 1.82) is 0 Å². The van der Waals surface area contributed by atoms with Gasteiger partial charge in [-0.3, -0.25) is 0 Å². The van der Waals surface area contributed by atoms with Crippen molar-refractivity contribution in [2.75, 3.05) is 18.7 Å². The van der Waals surface area contributed by atoms with Crippen molar-refractivity contribution >= 4 is 27.1 Å². The zero-order chi connectivity index (χ0) is 14.8. The van der Waals surface area contributed by atoms with Crippen molar-refractivity contribution in [2.45, 2.75) is 42.7 Å². The Bertz CT molecular complexity index is 574. The highest BCUT2D eigenvalue weighted by Gasteiger charge is 2.22. The minimum absolute atomic E-state index is 0.262. The second-order valence-corrected chi connectivity index (χ2v) is 7.70. The van der Waals surface area contributed by atoms with Gasteiger partial charge in [0.15, 0.2) is 9.84 Å². The number of sulfone groups is 1. The molecule has 1 fully saturated rings. The Kier molecular flexibility index (Phi) is 4.94. The molecule has 0 radical (unpaired) electrons. The molecule has 6 heteroatoms. The molecule has 1 aliphatic carbocycles. The molecule has 1 aromatic rings. The minimum atomic E-state index is -3.22. The van der Waals surface area contributed by atoms with Crippen LogP contribution in [0, 0.1) is 0 Å². The first kappa shape index (κ1) is 15.6. The van der Waals surface area contributed by atoms with Gasteiger partial charge in [-0.2, -0.15) is 0 Å². The summed E-state index contributed by atoms with van der Waals surface area (Å²) in [6.07, 6.45) is 5.58. The summed E-state index contributed by atoms with van der Waals surface area (Å²) < 4.78 is 28.6. The molecule has 0 aliphatic heterocycles. The van der Waals surface area contributed by atoms with Gasteiger partial charge in [0, 0.05) is 19.4 Å². The number of rotatable bonds is 4. The fourth-order valence-electron chi connectivity index (χ4n) is 2.56. The first-order valence-electron chi connectivity index (χ1n) is 6.69. The molecule has 1 aromatic carbocycles. The number of anilines is 1. The van der Waals surface area contributed by atoms with Crippen LogP contribution in [-0.4, -0.2) is 33.9 Å². The molecule has 0 saturated heterocycles. The second-order valence-electron chi connectivity index (χ2n) is 5.28. The van der Waals surface area contributed by atoms with E-state index in [1.54, 1.807) is 19.2 Å². The van der Waals surface area contributed by atoms with E-state index in [1.165, 1.54) is 12.3 Å². The van der Waals surface area contributed by atoms with E-state index in [2.05, 4.69) is 5.32 Å². The summed E-state index contributed by atoms with van der Waals surface area (Å²) in [7, 11) is -1.50. The number of nitrogens with one attached hydrogen (secondary N) is 1. The maximum Gasteiger partial charge on any atom is 0.175 e. The Hall–Kier alpha value is -0.780. The molecule has 112 valence electrons. The molecule has 2 unspecified atom stereocenters. The normalized spacial score (nSPS) is 23.6. The number of methoxy groups -OCH3 is 1. The van der Waals surface area contributed by atoms with Gasteiger partial charge < -0.3 is 10.1 Å². The summed E-state index contributed by atoms with van der Waals surface area (Å²) in [5.41, 5.74) is 0.677. The summed E-state index contributed by atoms with van der Waals surface area (Å²) in [4.78, 5) is 0.281. The van der Waals surface area contributed by atoms with Crippen LogP contribution in [0.4, 0.5) is 5.69 Å². The molecule has 2 atom stereocenters. The Morgan fingerprint density at radius 2 is 2.10 bits per heavy atom. The van der Waals surface area contributed by atoms with Gasteiger partial charge in [0.25, 0.3) is 0 Å². The maximum atomic E-state index is 11.6. The molecule has 0 amide bonds. The van der Waals surface area contributed by atoms with Crippen LogP contribution in [0.3, 0.4) is 0 Å². The van der Waals surface area contributed by atoms with Crippen molar-refractivity contribution in [3.63, 3.8) is 0 Å². The van der Waals surface area contributed by atoms with E-state index in [1.807, 2.05) is 0 Å². The molecule has 0 bridgehead atoms. The average molecular weight is 318 g/mol. The van der Waals surface area contributed by atoms with Crippen molar-refractivity contribution in [2.24, 2.45) is 0 Å².